The highest BCUT2D eigenvalue weighted by molar-refractivity contribution is 9.09. The lowest BCUT2D eigenvalue weighted by Gasteiger charge is -2.37. The summed E-state index contributed by atoms with van der Waals surface area (Å²) in [6, 6.07) is 0. The normalized spacial score (nSPS) is 31.6. The molecule has 1 rings (SSSR count). The van der Waals surface area contributed by atoms with Gasteiger partial charge in [0.05, 0.1) is 11.7 Å². The summed E-state index contributed by atoms with van der Waals surface area (Å²) in [4.78, 5) is 0.708. The van der Waals surface area contributed by atoms with Gasteiger partial charge in [0, 0.05) is 4.83 Å². The maximum Gasteiger partial charge on any atom is 0.0627 e. The van der Waals surface area contributed by atoms with Crippen LogP contribution in [-0.4, -0.2) is 16.5 Å². The fraction of sp³-hybridized carbons (Fsp3) is 1.00. The molecular formula is C9H17BrO. The van der Waals surface area contributed by atoms with E-state index in [1.54, 1.807) is 0 Å². The van der Waals surface area contributed by atoms with E-state index in [1.807, 2.05) is 0 Å². The van der Waals surface area contributed by atoms with Crippen molar-refractivity contribution >= 4 is 15.9 Å². The minimum atomic E-state index is 0.0812. The van der Waals surface area contributed by atoms with E-state index in [1.165, 1.54) is 12.8 Å². The Labute approximate surface area is 77.6 Å². The average molecular weight is 221 g/mol. The molecule has 1 saturated carbocycles. The average Bonchev–Trinajstić information content (AvgIpc) is 1.84. The molecule has 1 aliphatic carbocycles. The van der Waals surface area contributed by atoms with Crippen molar-refractivity contribution in [1.29, 1.82) is 0 Å². The van der Waals surface area contributed by atoms with E-state index < -0.39 is 0 Å². The van der Waals surface area contributed by atoms with Crippen molar-refractivity contribution in [1.82, 2.24) is 0 Å². The van der Waals surface area contributed by atoms with Crippen LogP contribution in [0.4, 0.5) is 0 Å². The molecule has 66 valence electrons. The highest BCUT2D eigenvalue weighted by Crippen LogP contribution is 2.33. The fourth-order valence-electron chi connectivity index (χ4n) is 1.13. The molecule has 0 saturated heterocycles. The molecule has 1 nitrogen and oxygen atoms in total. The highest BCUT2D eigenvalue weighted by Gasteiger charge is 2.31. The molecule has 1 fully saturated rings. The first-order valence-electron chi connectivity index (χ1n) is 4.35. The van der Waals surface area contributed by atoms with Crippen molar-refractivity contribution in [3.8, 4) is 0 Å². The van der Waals surface area contributed by atoms with Crippen molar-refractivity contribution in [3.05, 3.63) is 0 Å². The third kappa shape index (κ3) is 2.75. The lowest BCUT2D eigenvalue weighted by atomic mass is 9.94. The molecule has 2 heteroatoms. The van der Waals surface area contributed by atoms with Crippen molar-refractivity contribution in [2.24, 2.45) is 0 Å². The van der Waals surface area contributed by atoms with Crippen LogP contribution in [0.3, 0.4) is 0 Å². The van der Waals surface area contributed by atoms with Gasteiger partial charge in [0.1, 0.15) is 0 Å². The summed E-state index contributed by atoms with van der Waals surface area (Å²) in [7, 11) is 0. The first kappa shape index (κ1) is 9.53. The minimum absolute atomic E-state index is 0.0812. The Hall–Kier alpha value is 0.440. The van der Waals surface area contributed by atoms with Gasteiger partial charge in [-0.25, -0.2) is 0 Å². The molecule has 0 atom stereocenters. The zero-order valence-electron chi connectivity index (χ0n) is 7.56. The van der Waals surface area contributed by atoms with Crippen LogP contribution in [-0.2, 0) is 4.74 Å². The van der Waals surface area contributed by atoms with E-state index in [9.17, 15) is 0 Å². The second-order valence-electron chi connectivity index (χ2n) is 3.92. The molecule has 0 radical (unpaired) electrons. The summed E-state index contributed by atoms with van der Waals surface area (Å²) in [6.45, 7) is 6.49. The van der Waals surface area contributed by atoms with Gasteiger partial charge in [-0.1, -0.05) is 22.9 Å². The molecule has 11 heavy (non-hydrogen) atoms. The summed E-state index contributed by atoms with van der Waals surface area (Å²) in [5.41, 5.74) is 0.0812. The molecule has 1 aliphatic rings. The molecule has 0 aromatic rings. The van der Waals surface area contributed by atoms with Crippen LogP contribution in [0.15, 0.2) is 0 Å². The molecule has 0 unspecified atom stereocenters. The zero-order valence-corrected chi connectivity index (χ0v) is 9.15. The Morgan fingerprint density at radius 2 is 2.00 bits per heavy atom. The monoisotopic (exact) mass is 220 g/mol. The number of hydrogen-bond acceptors (Lipinski definition) is 1. The first-order valence-corrected chi connectivity index (χ1v) is 5.27. The van der Waals surface area contributed by atoms with Crippen LogP contribution in [0.2, 0.25) is 0 Å². The number of hydrogen-bond donors (Lipinski definition) is 0. The highest BCUT2D eigenvalue weighted by atomic mass is 79.9. The smallest absolute Gasteiger partial charge is 0.0627 e. The molecule has 0 aliphatic heterocycles. The molecule has 0 N–H and O–H groups in total. The van der Waals surface area contributed by atoms with Crippen molar-refractivity contribution in [2.45, 2.75) is 56.6 Å². The predicted octanol–water partition coefficient (Wildman–Crippen LogP) is 3.12. The van der Waals surface area contributed by atoms with E-state index in [4.69, 9.17) is 4.74 Å². The topological polar surface area (TPSA) is 9.23 Å². The van der Waals surface area contributed by atoms with Gasteiger partial charge in [0.2, 0.25) is 0 Å². The SMILES string of the molecule is CCC(C)(C)OC1CC(Br)C1. The standard InChI is InChI=1S/C9H17BrO/c1-4-9(2,3)11-8-5-7(10)6-8/h7-8H,4-6H2,1-3H3. The van der Waals surface area contributed by atoms with E-state index in [0.717, 1.165) is 6.42 Å². The van der Waals surface area contributed by atoms with Crippen LogP contribution in [0, 0.1) is 0 Å². The summed E-state index contributed by atoms with van der Waals surface area (Å²) in [6.07, 6.45) is 3.97. The van der Waals surface area contributed by atoms with Gasteiger partial charge < -0.3 is 4.74 Å². The van der Waals surface area contributed by atoms with Gasteiger partial charge in [-0.05, 0) is 33.1 Å². The maximum absolute atomic E-state index is 5.86. The number of alkyl halides is 1. The Morgan fingerprint density at radius 1 is 1.45 bits per heavy atom. The van der Waals surface area contributed by atoms with Crippen molar-refractivity contribution in [2.75, 3.05) is 0 Å². The fourth-order valence-corrected chi connectivity index (χ4v) is 1.97. The van der Waals surface area contributed by atoms with E-state index in [0.29, 0.717) is 10.9 Å². The zero-order chi connectivity index (χ0) is 8.48. The third-order valence-electron chi connectivity index (χ3n) is 2.37. The number of ether oxygens (including phenoxy) is 1. The second kappa shape index (κ2) is 3.44. The van der Waals surface area contributed by atoms with Gasteiger partial charge in [-0.3, -0.25) is 0 Å². The van der Waals surface area contributed by atoms with Gasteiger partial charge in [-0.2, -0.15) is 0 Å². The molecule has 0 bridgehead atoms. The second-order valence-corrected chi connectivity index (χ2v) is 5.22. The molecule has 0 heterocycles. The largest absolute Gasteiger partial charge is 0.372 e. The van der Waals surface area contributed by atoms with E-state index >= 15 is 0 Å². The third-order valence-corrected chi connectivity index (χ3v) is 3.12. The van der Waals surface area contributed by atoms with Gasteiger partial charge in [0.15, 0.2) is 0 Å². The van der Waals surface area contributed by atoms with Crippen LogP contribution in [0.5, 0.6) is 0 Å². The predicted molar refractivity (Wildman–Crippen MR) is 51.2 cm³/mol. The first-order chi connectivity index (χ1) is 5.03. The Morgan fingerprint density at radius 3 is 2.36 bits per heavy atom. The Balaban J connectivity index is 2.21. The maximum atomic E-state index is 5.86. The van der Waals surface area contributed by atoms with Gasteiger partial charge in [0.25, 0.3) is 0 Å². The number of rotatable bonds is 3. The van der Waals surface area contributed by atoms with Crippen molar-refractivity contribution in [3.63, 3.8) is 0 Å². The van der Waals surface area contributed by atoms with E-state index in [-0.39, 0.29) is 5.60 Å². The van der Waals surface area contributed by atoms with Crippen LogP contribution in [0.1, 0.15) is 40.0 Å². The van der Waals surface area contributed by atoms with Crippen LogP contribution < -0.4 is 0 Å². The molecular weight excluding hydrogens is 204 g/mol. The summed E-state index contributed by atoms with van der Waals surface area (Å²) < 4.78 is 5.86. The summed E-state index contributed by atoms with van der Waals surface area (Å²) in [5.74, 6) is 0. The molecule has 0 spiro atoms. The summed E-state index contributed by atoms with van der Waals surface area (Å²) in [5, 5.41) is 0. The summed E-state index contributed by atoms with van der Waals surface area (Å²) >= 11 is 3.55. The molecule has 0 aromatic carbocycles. The van der Waals surface area contributed by atoms with Gasteiger partial charge >= 0.3 is 0 Å². The van der Waals surface area contributed by atoms with Crippen molar-refractivity contribution < 1.29 is 4.74 Å². The lowest BCUT2D eigenvalue weighted by Crippen LogP contribution is -2.38. The molecule has 0 amide bonds. The Bertz CT molecular complexity index is 128. The van der Waals surface area contributed by atoms with Crippen LogP contribution in [0.25, 0.3) is 0 Å². The lowest BCUT2D eigenvalue weighted by molar-refractivity contribution is -0.100. The Kier molecular flexibility index (Phi) is 2.98. The number of halogens is 1. The van der Waals surface area contributed by atoms with Gasteiger partial charge in [-0.15, -0.1) is 0 Å². The van der Waals surface area contributed by atoms with E-state index in [2.05, 4.69) is 36.7 Å². The molecule has 0 aromatic heterocycles. The quantitative estimate of drug-likeness (QED) is 0.665. The minimum Gasteiger partial charge on any atom is -0.372 e. The van der Waals surface area contributed by atoms with Crippen LogP contribution >= 0.6 is 15.9 Å².